The predicted molar refractivity (Wildman–Crippen MR) is 34.6 cm³/mol. The summed E-state index contributed by atoms with van der Waals surface area (Å²) in [5, 5.41) is 0. The van der Waals surface area contributed by atoms with Crippen molar-refractivity contribution >= 4 is 35.5 Å². The molecule has 0 bridgehead atoms. The third-order valence-corrected chi connectivity index (χ3v) is 0.615. The van der Waals surface area contributed by atoms with Crippen LogP contribution in [0.4, 0.5) is 0 Å². The van der Waals surface area contributed by atoms with Crippen LogP contribution in [0, 0.1) is 0 Å². The summed E-state index contributed by atoms with van der Waals surface area (Å²) >= 11 is 0. The second-order valence-electron chi connectivity index (χ2n) is 1.44. The van der Waals surface area contributed by atoms with Crippen molar-refractivity contribution in [3.63, 3.8) is 0 Å². The summed E-state index contributed by atoms with van der Waals surface area (Å²) in [5.74, 6) is -0.0556. The van der Waals surface area contributed by atoms with Gasteiger partial charge in [-0.15, -0.1) is 0 Å². The van der Waals surface area contributed by atoms with Crippen molar-refractivity contribution in [2.24, 2.45) is 0 Å². The SMILES string of the molecule is C=CC(=O)N(C)C.[Na]. The van der Waals surface area contributed by atoms with Crippen molar-refractivity contribution in [1.29, 1.82) is 0 Å². The quantitative estimate of drug-likeness (QED) is 0.350. The van der Waals surface area contributed by atoms with Gasteiger partial charge in [0, 0.05) is 43.7 Å². The zero-order chi connectivity index (χ0) is 5.86. The van der Waals surface area contributed by atoms with Gasteiger partial charge < -0.3 is 4.90 Å². The second kappa shape index (κ2) is 5.35. The molecule has 0 aromatic carbocycles. The predicted octanol–water partition coefficient (Wildman–Crippen LogP) is -0.120. The minimum atomic E-state index is -0.0556. The Hall–Kier alpha value is 0.210. The summed E-state index contributed by atoms with van der Waals surface area (Å²) in [5.41, 5.74) is 0. The summed E-state index contributed by atoms with van der Waals surface area (Å²) in [6, 6.07) is 0. The first-order chi connectivity index (χ1) is 3.18. The molecule has 8 heavy (non-hydrogen) atoms. The first kappa shape index (κ1) is 11.1. The van der Waals surface area contributed by atoms with Gasteiger partial charge in [-0.1, -0.05) is 6.58 Å². The van der Waals surface area contributed by atoms with Crippen molar-refractivity contribution in [3.05, 3.63) is 12.7 Å². The van der Waals surface area contributed by atoms with Crippen LogP contribution in [-0.4, -0.2) is 54.5 Å². The molecule has 0 heterocycles. The molecule has 0 aromatic heterocycles. The zero-order valence-electron chi connectivity index (χ0n) is 5.64. The summed E-state index contributed by atoms with van der Waals surface area (Å²) in [6.45, 7) is 3.29. The molecule has 0 aliphatic heterocycles. The van der Waals surface area contributed by atoms with Crippen LogP contribution >= 0.6 is 0 Å². The van der Waals surface area contributed by atoms with Gasteiger partial charge in [0.25, 0.3) is 0 Å². The molecule has 0 aliphatic carbocycles. The van der Waals surface area contributed by atoms with Crippen LogP contribution in [0.1, 0.15) is 0 Å². The third-order valence-electron chi connectivity index (χ3n) is 0.615. The third kappa shape index (κ3) is 4.37. The molecule has 0 saturated carbocycles. The molecule has 0 unspecified atom stereocenters. The topological polar surface area (TPSA) is 20.3 Å². The number of hydrogen-bond donors (Lipinski definition) is 0. The Morgan fingerprint density at radius 2 is 2.00 bits per heavy atom. The Morgan fingerprint density at radius 3 is 2.00 bits per heavy atom. The van der Waals surface area contributed by atoms with E-state index in [1.54, 1.807) is 14.1 Å². The van der Waals surface area contributed by atoms with Gasteiger partial charge in [0.15, 0.2) is 0 Å². The number of amides is 1. The molecule has 0 aliphatic rings. The monoisotopic (exact) mass is 122 g/mol. The molecule has 0 saturated heterocycles. The Balaban J connectivity index is 0. The molecule has 0 atom stereocenters. The van der Waals surface area contributed by atoms with Crippen molar-refractivity contribution in [3.8, 4) is 0 Å². The van der Waals surface area contributed by atoms with E-state index in [0.717, 1.165) is 0 Å². The molecule has 0 aromatic rings. The van der Waals surface area contributed by atoms with Crippen molar-refractivity contribution < 1.29 is 4.79 Å². The van der Waals surface area contributed by atoms with Gasteiger partial charge in [0.2, 0.25) is 5.91 Å². The van der Waals surface area contributed by atoms with Gasteiger partial charge in [0.05, 0.1) is 0 Å². The summed E-state index contributed by atoms with van der Waals surface area (Å²) in [7, 11) is 3.37. The molecule has 1 radical (unpaired) electrons. The maximum atomic E-state index is 10.3. The summed E-state index contributed by atoms with van der Waals surface area (Å²) in [6.07, 6.45) is 1.28. The largest absolute Gasteiger partial charge is 0.345 e. The van der Waals surface area contributed by atoms with E-state index in [9.17, 15) is 4.79 Å². The fraction of sp³-hybridized carbons (Fsp3) is 0.400. The fourth-order valence-corrected chi connectivity index (χ4v) is 0.183. The van der Waals surface area contributed by atoms with E-state index in [-0.39, 0.29) is 35.5 Å². The number of nitrogens with zero attached hydrogens (tertiary/aromatic N) is 1. The van der Waals surface area contributed by atoms with Gasteiger partial charge in [-0.2, -0.15) is 0 Å². The van der Waals surface area contributed by atoms with Crippen LogP contribution in [0.5, 0.6) is 0 Å². The van der Waals surface area contributed by atoms with Gasteiger partial charge in [-0.05, 0) is 6.08 Å². The maximum Gasteiger partial charge on any atom is 0.245 e. The first-order valence-corrected chi connectivity index (χ1v) is 2.02. The molecule has 41 valence electrons. The zero-order valence-corrected chi connectivity index (χ0v) is 7.64. The van der Waals surface area contributed by atoms with Gasteiger partial charge in [-0.25, -0.2) is 0 Å². The molecular weight excluding hydrogens is 113 g/mol. The van der Waals surface area contributed by atoms with Crippen molar-refractivity contribution in [2.45, 2.75) is 0 Å². The normalized spacial score (nSPS) is 6.75. The molecule has 0 fully saturated rings. The van der Waals surface area contributed by atoms with Crippen LogP contribution in [0.25, 0.3) is 0 Å². The van der Waals surface area contributed by atoms with E-state index in [0.29, 0.717) is 0 Å². The van der Waals surface area contributed by atoms with Crippen LogP contribution in [0.2, 0.25) is 0 Å². The van der Waals surface area contributed by atoms with Crippen molar-refractivity contribution in [2.75, 3.05) is 14.1 Å². The van der Waals surface area contributed by atoms with E-state index < -0.39 is 0 Å². The first-order valence-electron chi connectivity index (χ1n) is 2.02. The van der Waals surface area contributed by atoms with Crippen LogP contribution < -0.4 is 0 Å². The molecule has 3 heteroatoms. The number of hydrogen-bond acceptors (Lipinski definition) is 1. The second-order valence-corrected chi connectivity index (χ2v) is 1.44. The van der Waals surface area contributed by atoms with Gasteiger partial charge >= 0.3 is 0 Å². The van der Waals surface area contributed by atoms with Crippen LogP contribution in [0.15, 0.2) is 12.7 Å². The van der Waals surface area contributed by atoms with Crippen LogP contribution in [0.3, 0.4) is 0 Å². The number of carbonyl (C=O) groups is 1. The average molecular weight is 122 g/mol. The molecule has 0 spiro atoms. The van der Waals surface area contributed by atoms with Crippen LogP contribution in [-0.2, 0) is 4.79 Å². The van der Waals surface area contributed by atoms with Gasteiger partial charge in [0.1, 0.15) is 0 Å². The fourth-order valence-electron chi connectivity index (χ4n) is 0.183. The number of carbonyl (C=O) groups excluding carboxylic acids is 1. The Bertz CT molecular complexity index is 90.4. The number of rotatable bonds is 1. The van der Waals surface area contributed by atoms with E-state index in [4.69, 9.17) is 0 Å². The van der Waals surface area contributed by atoms with E-state index in [2.05, 4.69) is 6.58 Å². The summed E-state index contributed by atoms with van der Waals surface area (Å²) in [4.78, 5) is 11.8. The maximum absolute atomic E-state index is 10.3. The minimum absolute atomic E-state index is 0. The minimum Gasteiger partial charge on any atom is -0.345 e. The van der Waals surface area contributed by atoms with E-state index >= 15 is 0 Å². The Kier molecular flexibility index (Phi) is 7.40. The molecule has 0 N–H and O–H groups in total. The molecule has 0 rings (SSSR count). The smallest absolute Gasteiger partial charge is 0.245 e. The van der Waals surface area contributed by atoms with E-state index in [1.165, 1.54) is 11.0 Å². The standard InChI is InChI=1S/C5H9NO.Na/c1-4-5(7)6(2)3;/h4H,1H2,2-3H3;. The number of likely N-dealkylation sites (N-methyl/N-ethyl adjacent to an activating group) is 1. The Morgan fingerprint density at radius 1 is 1.62 bits per heavy atom. The summed E-state index contributed by atoms with van der Waals surface area (Å²) < 4.78 is 0. The van der Waals surface area contributed by atoms with Gasteiger partial charge in [-0.3, -0.25) is 4.79 Å². The molecular formula is C5H9NNaO. The van der Waals surface area contributed by atoms with Crippen molar-refractivity contribution in [1.82, 2.24) is 4.90 Å². The Labute approximate surface area is 71.8 Å². The average Bonchev–Trinajstić information content (AvgIpc) is 1.65. The van der Waals surface area contributed by atoms with E-state index in [1.807, 2.05) is 0 Å². The molecule has 2 nitrogen and oxygen atoms in total. The molecule has 1 amide bonds.